The Kier molecular flexibility index (Phi) is 7.43. The highest BCUT2D eigenvalue weighted by Gasteiger charge is 2.15. The van der Waals surface area contributed by atoms with Gasteiger partial charge in [-0.2, -0.15) is 0 Å². The lowest BCUT2D eigenvalue weighted by Gasteiger charge is -2.12. The minimum Gasteiger partial charge on any atom is -0.326 e. The summed E-state index contributed by atoms with van der Waals surface area (Å²) in [4.78, 5) is 35.3. The van der Waals surface area contributed by atoms with Gasteiger partial charge in [-0.25, -0.2) is 0 Å². The van der Waals surface area contributed by atoms with Crippen molar-refractivity contribution in [3.05, 3.63) is 54.1 Å². The fourth-order valence-corrected chi connectivity index (χ4v) is 2.88. The summed E-state index contributed by atoms with van der Waals surface area (Å²) in [5.74, 6) is -0.302. The van der Waals surface area contributed by atoms with Gasteiger partial charge in [-0.1, -0.05) is 17.7 Å². The van der Waals surface area contributed by atoms with Crippen LogP contribution in [0.25, 0.3) is 0 Å². The van der Waals surface area contributed by atoms with Crippen LogP contribution in [-0.2, 0) is 14.4 Å². The lowest BCUT2D eigenvalue weighted by molar-refractivity contribution is -0.115. The highest BCUT2D eigenvalue weighted by molar-refractivity contribution is 8.01. The minimum absolute atomic E-state index is 0.150. The van der Waals surface area contributed by atoms with E-state index in [1.807, 2.05) is 31.2 Å². The largest absolute Gasteiger partial charge is 0.326 e. The second-order valence-corrected chi connectivity index (χ2v) is 7.44. The Balaban J connectivity index is 1.78. The van der Waals surface area contributed by atoms with Crippen molar-refractivity contribution in [1.29, 1.82) is 0 Å². The Morgan fingerprint density at radius 1 is 0.852 bits per heavy atom. The topological polar surface area (TPSA) is 87.3 Å². The summed E-state index contributed by atoms with van der Waals surface area (Å²) in [7, 11) is 0. The van der Waals surface area contributed by atoms with Gasteiger partial charge >= 0.3 is 0 Å². The number of carbonyl (C=O) groups excluding carboxylic acids is 3. The predicted molar refractivity (Wildman–Crippen MR) is 111 cm³/mol. The molecule has 0 aromatic heterocycles. The van der Waals surface area contributed by atoms with Crippen LogP contribution in [0.1, 0.15) is 19.4 Å². The van der Waals surface area contributed by atoms with E-state index in [-0.39, 0.29) is 28.7 Å². The molecule has 2 aromatic carbocycles. The molecule has 7 heteroatoms. The van der Waals surface area contributed by atoms with E-state index in [4.69, 9.17) is 0 Å². The molecule has 6 nitrogen and oxygen atoms in total. The molecule has 0 aliphatic carbocycles. The Morgan fingerprint density at radius 2 is 1.33 bits per heavy atom. The first-order valence-electron chi connectivity index (χ1n) is 8.50. The number of nitrogens with one attached hydrogen (secondary N) is 3. The minimum atomic E-state index is -0.385. The normalized spacial score (nSPS) is 11.4. The Hall–Kier alpha value is -2.80. The maximum atomic E-state index is 12.3. The molecule has 2 aromatic rings. The van der Waals surface area contributed by atoms with E-state index in [1.165, 1.54) is 18.7 Å². The maximum absolute atomic E-state index is 12.3. The third kappa shape index (κ3) is 7.15. The van der Waals surface area contributed by atoms with Gasteiger partial charge in [-0.15, -0.1) is 11.8 Å². The molecule has 27 heavy (non-hydrogen) atoms. The summed E-state index contributed by atoms with van der Waals surface area (Å²) in [5, 5.41) is 7.88. The van der Waals surface area contributed by atoms with Gasteiger partial charge in [-0.3, -0.25) is 14.4 Å². The van der Waals surface area contributed by atoms with E-state index in [2.05, 4.69) is 16.0 Å². The molecule has 0 radical (unpaired) electrons. The number of carbonyl (C=O) groups is 3. The molecule has 0 fully saturated rings. The van der Waals surface area contributed by atoms with Crippen molar-refractivity contribution in [2.75, 3.05) is 21.7 Å². The van der Waals surface area contributed by atoms with Crippen LogP contribution in [0.5, 0.6) is 0 Å². The van der Waals surface area contributed by atoms with Crippen molar-refractivity contribution in [2.45, 2.75) is 26.0 Å². The third-order valence-corrected chi connectivity index (χ3v) is 4.78. The Labute approximate surface area is 163 Å². The zero-order valence-corrected chi connectivity index (χ0v) is 16.4. The summed E-state index contributed by atoms with van der Waals surface area (Å²) in [6.07, 6.45) is 0. The van der Waals surface area contributed by atoms with Crippen molar-refractivity contribution in [3.8, 4) is 0 Å². The van der Waals surface area contributed by atoms with Gasteiger partial charge in [0.15, 0.2) is 0 Å². The first-order valence-corrected chi connectivity index (χ1v) is 9.55. The molecule has 0 spiro atoms. The number of rotatable bonds is 7. The van der Waals surface area contributed by atoms with Crippen molar-refractivity contribution in [3.63, 3.8) is 0 Å². The quantitative estimate of drug-likeness (QED) is 0.679. The fraction of sp³-hybridized carbons (Fsp3) is 0.250. The van der Waals surface area contributed by atoms with E-state index in [1.54, 1.807) is 31.2 Å². The molecular formula is C20H23N3O3S. The van der Waals surface area contributed by atoms with E-state index < -0.39 is 0 Å². The van der Waals surface area contributed by atoms with Crippen molar-refractivity contribution < 1.29 is 14.4 Å². The highest BCUT2D eigenvalue weighted by atomic mass is 32.2. The van der Waals surface area contributed by atoms with Crippen LogP contribution < -0.4 is 16.0 Å². The van der Waals surface area contributed by atoms with E-state index in [9.17, 15) is 14.4 Å². The molecule has 1 atom stereocenters. The molecule has 0 heterocycles. The van der Waals surface area contributed by atoms with Crippen LogP contribution in [-0.4, -0.2) is 28.7 Å². The van der Waals surface area contributed by atoms with Gasteiger partial charge in [0, 0.05) is 24.0 Å². The monoisotopic (exact) mass is 385 g/mol. The fourth-order valence-electron chi connectivity index (χ4n) is 2.19. The second kappa shape index (κ2) is 9.78. The first-order chi connectivity index (χ1) is 12.8. The molecular weight excluding hydrogens is 362 g/mol. The van der Waals surface area contributed by atoms with Gasteiger partial charge in [0.05, 0.1) is 11.0 Å². The first kappa shape index (κ1) is 20.5. The average Bonchev–Trinajstić information content (AvgIpc) is 2.62. The molecule has 0 saturated heterocycles. The molecule has 142 valence electrons. The van der Waals surface area contributed by atoms with E-state index >= 15 is 0 Å². The van der Waals surface area contributed by atoms with Crippen LogP contribution in [0.2, 0.25) is 0 Å². The summed E-state index contributed by atoms with van der Waals surface area (Å²) in [6.45, 7) is 5.17. The predicted octanol–water partition coefficient (Wildman–Crippen LogP) is 3.65. The van der Waals surface area contributed by atoms with Gasteiger partial charge in [0.2, 0.25) is 17.7 Å². The number of aryl methyl sites for hydroxylation is 1. The number of hydrogen-bond donors (Lipinski definition) is 3. The summed E-state index contributed by atoms with van der Waals surface area (Å²) in [6, 6.07) is 14.4. The Bertz CT molecular complexity index is 804. The summed E-state index contributed by atoms with van der Waals surface area (Å²) >= 11 is 1.26. The summed E-state index contributed by atoms with van der Waals surface area (Å²) < 4.78 is 0. The lowest BCUT2D eigenvalue weighted by atomic mass is 10.2. The van der Waals surface area contributed by atoms with Crippen LogP contribution in [0.15, 0.2) is 48.5 Å². The van der Waals surface area contributed by atoms with E-state index in [0.717, 1.165) is 11.3 Å². The molecule has 0 saturated carbocycles. The zero-order chi connectivity index (χ0) is 19.8. The second-order valence-electron chi connectivity index (χ2n) is 6.12. The number of anilines is 3. The number of thioether (sulfide) groups is 1. The SMILES string of the molecule is CC(=O)Nc1ccc(NC(=O)[C@H](C)SCC(=O)Nc2ccc(C)cc2)cc1. The lowest BCUT2D eigenvalue weighted by Crippen LogP contribution is -2.25. The third-order valence-electron chi connectivity index (χ3n) is 3.64. The molecule has 3 amide bonds. The molecule has 0 aliphatic rings. The highest BCUT2D eigenvalue weighted by Crippen LogP contribution is 2.17. The van der Waals surface area contributed by atoms with Crippen LogP contribution >= 0.6 is 11.8 Å². The van der Waals surface area contributed by atoms with Crippen LogP contribution in [0.4, 0.5) is 17.1 Å². The molecule has 3 N–H and O–H groups in total. The molecule has 0 aliphatic heterocycles. The molecule has 2 rings (SSSR count). The van der Waals surface area contributed by atoms with Gasteiger partial charge in [0.1, 0.15) is 0 Å². The van der Waals surface area contributed by atoms with Gasteiger partial charge in [0.25, 0.3) is 0 Å². The van der Waals surface area contributed by atoms with Crippen molar-refractivity contribution >= 4 is 46.5 Å². The standard InChI is InChI=1S/C20H23N3O3S/c1-13-4-6-17(7-5-13)22-19(25)12-27-14(2)20(26)23-18-10-8-16(9-11-18)21-15(3)24/h4-11,14H,12H2,1-3H3,(H,21,24)(H,22,25)(H,23,26)/t14-/m0/s1. The van der Waals surface area contributed by atoms with Gasteiger partial charge < -0.3 is 16.0 Å². The number of benzene rings is 2. The average molecular weight is 385 g/mol. The number of amides is 3. The smallest absolute Gasteiger partial charge is 0.237 e. The molecule has 0 unspecified atom stereocenters. The van der Waals surface area contributed by atoms with Gasteiger partial charge in [-0.05, 0) is 50.2 Å². The number of hydrogen-bond acceptors (Lipinski definition) is 4. The van der Waals surface area contributed by atoms with Crippen molar-refractivity contribution in [1.82, 2.24) is 0 Å². The summed E-state index contributed by atoms with van der Waals surface area (Å²) in [5.41, 5.74) is 3.15. The maximum Gasteiger partial charge on any atom is 0.237 e. The van der Waals surface area contributed by atoms with E-state index in [0.29, 0.717) is 11.4 Å². The zero-order valence-electron chi connectivity index (χ0n) is 15.5. The van der Waals surface area contributed by atoms with Crippen molar-refractivity contribution in [2.24, 2.45) is 0 Å². The Morgan fingerprint density at radius 3 is 1.89 bits per heavy atom. The van der Waals surface area contributed by atoms with Crippen LogP contribution in [0, 0.1) is 6.92 Å². The molecule has 0 bridgehead atoms. The van der Waals surface area contributed by atoms with Crippen LogP contribution in [0.3, 0.4) is 0 Å².